The number of hydrogen-bond donors (Lipinski definition) is 0. The van der Waals surface area contributed by atoms with Crippen molar-refractivity contribution in [2.24, 2.45) is 0 Å². The zero-order chi connectivity index (χ0) is 12.2. The largest absolute Gasteiger partial charge is 0.586 e. The van der Waals surface area contributed by atoms with E-state index in [9.17, 15) is 8.78 Å². The summed E-state index contributed by atoms with van der Waals surface area (Å²) in [5.41, 5.74) is 0.944. The maximum Gasteiger partial charge on any atom is 0.586 e. The van der Waals surface area contributed by atoms with Crippen molar-refractivity contribution in [3.63, 3.8) is 0 Å². The predicted octanol–water partition coefficient (Wildman–Crippen LogP) is 3.99. The molecule has 0 N–H and O–H groups in total. The van der Waals surface area contributed by atoms with Crippen LogP contribution in [-0.2, 0) is 6.42 Å². The maximum absolute atomic E-state index is 12.5. The van der Waals surface area contributed by atoms with Gasteiger partial charge in [-0.1, -0.05) is 33.3 Å². The smallest absolute Gasteiger partial charge is 0.395 e. The third-order valence-electron chi connectivity index (χ3n) is 1.87. The van der Waals surface area contributed by atoms with Crippen molar-refractivity contribution in [1.29, 1.82) is 0 Å². The topological polar surface area (TPSA) is 18.5 Å². The van der Waals surface area contributed by atoms with Crippen LogP contribution in [0.5, 0.6) is 11.5 Å². The SMILES string of the molecule is CCC.CCc1ccc2c(c1)OC(F)(F)O2. The molecule has 0 spiro atoms. The number of halogens is 2. The summed E-state index contributed by atoms with van der Waals surface area (Å²) in [7, 11) is 0. The average Bonchev–Trinajstić information content (AvgIpc) is 2.51. The molecule has 1 heterocycles. The molecule has 2 rings (SSSR count). The average molecular weight is 230 g/mol. The minimum absolute atomic E-state index is 0.0993. The van der Waals surface area contributed by atoms with Crippen molar-refractivity contribution < 1.29 is 18.3 Å². The summed E-state index contributed by atoms with van der Waals surface area (Å²) in [5.74, 6) is 0.214. The van der Waals surface area contributed by atoms with E-state index in [1.807, 2.05) is 6.92 Å². The predicted molar refractivity (Wildman–Crippen MR) is 58.0 cm³/mol. The monoisotopic (exact) mass is 230 g/mol. The van der Waals surface area contributed by atoms with Crippen LogP contribution in [0.3, 0.4) is 0 Å². The maximum atomic E-state index is 12.5. The minimum Gasteiger partial charge on any atom is -0.395 e. The molecular formula is C12H16F2O2. The molecule has 1 aliphatic rings. The fourth-order valence-corrected chi connectivity index (χ4v) is 1.21. The molecule has 0 saturated carbocycles. The van der Waals surface area contributed by atoms with Crippen molar-refractivity contribution in [2.75, 3.05) is 0 Å². The summed E-state index contributed by atoms with van der Waals surface area (Å²) in [6, 6.07) is 4.80. The van der Waals surface area contributed by atoms with Gasteiger partial charge in [0.2, 0.25) is 0 Å². The molecule has 0 aromatic heterocycles. The summed E-state index contributed by atoms with van der Waals surface area (Å²) in [6.07, 6.45) is -1.48. The second-order valence-electron chi connectivity index (χ2n) is 3.51. The number of rotatable bonds is 1. The minimum atomic E-state index is -3.51. The summed E-state index contributed by atoms with van der Waals surface area (Å²) >= 11 is 0. The van der Waals surface area contributed by atoms with Crippen LogP contribution in [0, 0.1) is 0 Å². The van der Waals surface area contributed by atoms with Crippen LogP contribution < -0.4 is 9.47 Å². The van der Waals surface area contributed by atoms with Crippen LogP contribution in [0.2, 0.25) is 0 Å². The Labute approximate surface area is 94.2 Å². The van der Waals surface area contributed by atoms with Crippen LogP contribution in [-0.4, -0.2) is 6.29 Å². The van der Waals surface area contributed by atoms with Crippen molar-refractivity contribution in [1.82, 2.24) is 0 Å². The quantitative estimate of drug-likeness (QED) is 0.726. The lowest BCUT2D eigenvalue weighted by Gasteiger charge is -2.04. The Bertz CT molecular complexity index is 351. The van der Waals surface area contributed by atoms with E-state index in [1.54, 1.807) is 12.1 Å². The normalized spacial score (nSPS) is 15.3. The molecule has 2 nitrogen and oxygen atoms in total. The molecule has 1 aromatic carbocycles. The molecule has 1 aromatic rings. The van der Waals surface area contributed by atoms with Crippen LogP contribution in [0.4, 0.5) is 8.78 Å². The second kappa shape index (κ2) is 5.14. The molecular weight excluding hydrogens is 214 g/mol. The summed E-state index contributed by atoms with van der Waals surface area (Å²) in [4.78, 5) is 0. The Morgan fingerprint density at radius 2 is 1.62 bits per heavy atom. The number of ether oxygens (including phenoxy) is 2. The van der Waals surface area contributed by atoms with Crippen LogP contribution in [0.25, 0.3) is 0 Å². The van der Waals surface area contributed by atoms with Gasteiger partial charge in [-0.3, -0.25) is 0 Å². The lowest BCUT2D eigenvalue weighted by Crippen LogP contribution is -2.25. The van der Waals surface area contributed by atoms with E-state index in [0.717, 1.165) is 12.0 Å². The third kappa shape index (κ3) is 3.08. The molecule has 1 aliphatic heterocycles. The first-order valence-corrected chi connectivity index (χ1v) is 5.41. The lowest BCUT2D eigenvalue weighted by molar-refractivity contribution is -0.286. The molecule has 4 heteroatoms. The molecule has 90 valence electrons. The Hall–Kier alpha value is -1.32. The molecule has 16 heavy (non-hydrogen) atoms. The lowest BCUT2D eigenvalue weighted by atomic mass is 10.1. The number of benzene rings is 1. The van der Waals surface area contributed by atoms with Crippen molar-refractivity contribution >= 4 is 0 Å². The highest BCUT2D eigenvalue weighted by Gasteiger charge is 2.43. The fourth-order valence-electron chi connectivity index (χ4n) is 1.21. The number of aryl methyl sites for hydroxylation is 1. The van der Waals surface area contributed by atoms with Gasteiger partial charge in [-0.15, -0.1) is 8.78 Å². The van der Waals surface area contributed by atoms with Gasteiger partial charge in [-0.25, -0.2) is 0 Å². The summed E-state index contributed by atoms with van der Waals surface area (Å²) in [5, 5.41) is 0. The van der Waals surface area contributed by atoms with Crippen molar-refractivity contribution in [3.8, 4) is 11.5 Å². The summed E-state index contributed by atoms with van der Waals surface area (Å²) < 4.78 is 33.6. The van der Waals surface area contributed by atoms with Gasteiger partial charge in [-0.2, -0.15) is 0 Å². The van der Waals surface area contributed by atoms with E-state index in [1.165, 1.54) is 12.5 Å². The van der Waals surface area contributed by atoms with Crippen molar-refractivity contribution in [2.45, 2.75) is 39.9 Å². The molecule has 0 saturated heterocycles. The first kappa shape index (κ1) is 12.7. The van der Waals surface area contributed by atoms with Crippen molar-refractivity contribution in [3.05, 3.63) is 23.8 Å². The van der Waals surface area contributed by atoms with Gasteiger partial charge in [0.15, 0.2) is 11.5 Å². The molecule has 0 fully saturated rings. The third-order valence-corrected chi connectivity index (χ3v) is 1.87. The van der Waals surface area contributed by atoms with Gasteiger partial charge in [-0.05, 0) is 24.1 Å². The van der Waals surface area contributed by atoms with Crippen LogP contribution in [0.1, 0.15) is 32.8 Å². The summed E-state index contributed by atoms with van der Waals surface area (Å²) in [6.45, 7) is 6.19. The first-order chi connectivity index (χ1) is 7.52. The van der Waals surface area contributed by atoms with Gasteiger partial charge in [0.05, 0.1) is 0 Å². The fraction of sp³-hybridized carbons (Fsp3) is 0.500. The Balaban J connectivity index is 0.000000386. The highest BCUT2D eigenvalue weighted by molar-refractivity contribution is 5.45. The van der Waals surface area contributed by atoms with Gasteiger partial charge in [0.1, 0.15) is 0 Å². The number of fused-ring (bicyclic) bond motifs is 1. The van der Waals surface area contributed by atoms with E-state index in [-0.39, 0.29) is 11.5 Å². The molecule has 0 aliphatic carbocycles. The van der Waals surface area contributed by atoms with E-state index in [4.69, 9.17) is 0 Å². The van der Waals surface area contributed by atoms with Gasteiger partial charge < -0.3 is 9.47 Å². The van der Waals surface area contributed by atoms with Gasteiger partial charge >= 0.3 is 6.29 Å². The standard InChI is InChI=1S/C9H8F2O2.C3H8/c1-2-6-3-4-7-8(5-6)13-9(10,11)12-7;1-3-2/h3-5H,2H2,1H3;3H2,1-2H3. The van der Waals surface area contributed by atoms with Gasteiger partial charge in [0.25, 0.3) is 0 Å². The van der Waals surface area contributed by atoms with E-state index >= 15 is 0 Å². The highest BCUT2D eigenvalue weighted by atomic mass is 19.3. The molecule has 0 atom stereocenters. The first-order valence-electron chi connectivity index (χ1n) is 5.41. The highest BCUT2D eigenvalue weighted by Crippen LogP contribution is 2.41. The van der Waals surface area contributed by atoms with Crippen LogP contribution in [0.15, 0.2) is 18.2 Å². The van der Waals surface area contributed by atoms with Gasteiger partial charge in [0, 0.05) is 0 Å². The zero-order valence-corrected chi connectivity index (χ0v) is 9.72. The Morgan fingerprint density at radius 3 is 2.19 bits per heavy atom. The zero-order valence-electron chi connectivity index (χ0n) is 9.72. The number of hydrogen-bond acceptors (Lipinski definition) is 2. The Morgan fingerprint density at radius 1 is 1.06 bits per heavy atom. The molecule has 0 unspecified atom stereocenters. The Kier molecular flexibility index (Phi) is 4.10. The molecule has 0 bridgehead atoms. The molecule has 0 radical (unpaired) electrons. The van der Waals surface area contributed by atoms with E-state index in [2.05, 4.69) is 23.3 Å². The number of alkyl halides is 2. The van der Waals surface area contributed by atoms with E-state index in [0.29, 0.717) is 0 Å². The van der Waals surface area contributed by atoms with Crippen LogP contribution >= 0.6 is 0 Å². The second-order valence-corrected chi connectivity index (χ2v) is 3.51. The molecule has 0 amide bonds. The van der Waals surface area contributed by atoms with E-state index < -0.39 is 6.29 Å².